The molecule has 0 unspecified atom stereocenters. The molecular formula is C16H15N. The van der Waals surface area contributed by atoms with Gasteiger partial charge in [0.15, 0.2) is 0 Å². The molecule has 0 saturated carbocycles. The Morgan fingerprint density at radius 3 is 2.65 bits per heavy atom. The van der Waals surface area contributed by atoms with E-state index in [1.54, 1.807) is 0 Å². The lowest BCUT2D eigenvalue weighted by Crippen LogP contribution is -2.25. The van der Waals surface area contributed by atoms with E-state index in [1.165, 1.54) is 16.3 Å². The summed E-state index contributed by atoms with van der Waals surface area (Å²) in [6.45, 7) is 12.7. The molecule has 0 amide bonds. The van der Waals surface area contributed by atoms with E-state index < -0.39 is 0 Å². The van der Waals surface area contributed by atoms with Crippen molar-refractivity contribution >= 4 is 16.3 Å². The van der Waals surface area contributed by atoms with Gasteiger partial charge in [-0.05, 0) is 28.2 Å². The van der Waals surface area contributed by atoms with Crippen molar-refractivity contribution in [3.05, 3.63) is 60.5 Å². The first-order valence-corrected chi connectivity index (χ1v) is 5.80. The number of benzene rings is 1. The molecule has 0 atom stereocenters. The van der Waals surface area contributed by atoms with E-state index in [2.05, 4.69) is 56.3 Å². The van der Waals surface area contributed by atoms with Gasteiger partial charge in [0, 0.05) is 17.0 Å². The van der Waals surface area contributed by atoms with E-state index in [4.69, 9.17) is 0 Å². The highest BCUT2D eigenvalue weighted by atomic mass is 14.7. The highest BCUT2D eigenvalue weighted by molar-refractivity contribution is 6.01. The number of rotatable bonds is 0. The van der Waals surface area contributed by atoms with Crippen LogP contribution in [0.1, 0.15) is 25.1 Å². The van der Waals surface area contributed by atoms with Gasteiger partial charge in [0.25, 0.3) is 0 Å². The first-order valence-electron chi connectivity index (χ1n) is 5.80. The van der Waals surface area contributed by atoms with Gasteiger partial charge in [-0.15, -0.1) is 0 Å². The summed E-state index contributed by atoms with van der Waals surface area (Å²) in [7, 11) is 0. The molecule has 1 heterocycles. The van der Waals surface area contributed by atoms with E-state index in [0.29, 0.717) is 0 Å². The third-order valence-electron chi connectivity index (χ3n) is 3.87. The van der Waals surface area contributed by atoms with Crippen molar-refractivity contribution in [3.8, 4) is 0 Å². The summed E-state index contributed by atoms with van der Waals surface area (Å²) in [5.41, 5.74) is 4.26. The summed E-state index contributed by atoms with van der Waals surface area (Å²) in [5.74, 6) is 0. The molecule has 0 aliphatic heterocycles. The lowest BCUT2D eigenvalue weighted by molar-refractivity contribution is 0.646. The monoisotopic (exact) mass is 221 g/mol. The minimum absolute atomic E-state index is 0.0629. The smallest absolute Gasteiger partial charge is 0.0780 e. The average molecular weight is 221 g/mol. The molecule has 3 rings (SSSR count). The number of nitrogens with zero attached hydrogens (tertiary/aromatic N) is 1. The number of allylic oxidation sites excluding steroid dienone is 2. The minimum atomic E-state index is -0.0629. The summed E-state index contributed by atoms with van der Waals surface area (Å²) in [6.07, 6.45) is 1.85. The van der Waals surface area contributed by atoms with Crippen molar-refractivity contribution in [2.24, 2.45) is 0 Å². The first kappa shape index (κ1) is 10.3. The van der Waals surface area contributed by atoms with Crippen molar-refractivity contribution in [3.63, 3.8) is 0 Å². The van der Waals surface area contributed by atoms with E-state index >= 15 is 0 Å². The van der Waals surface area contributed by atoms with Crippen molar-refractivity contribution < 1.29 is 0 Å². The van der Waals surface area contributed by atoms with Crippen LogP contribution in [0.4, 0.5) is 0 Å². The Balaban J connectivity index is 2.56. The van der Waals surface area contributed by atoms with E-state index in [0.717, 1.165) is 16.8 Å². The molecule has 17 heavy (non-hydrogen) atoms. The van der Waals surface area contributed by atoms with Gasteiger partial charge in [0.2, 0.25) is 0 Å². The molecule has 1 aromatic heterocycles. The van der Waals surface area contributed by atoms with Gasteiger partial charge in [-0.25, -0.2) is 0 Å². The largest absolute Gasteiger partial charge is 0.256 e. The highest BCUT2D eigenvalue weighted by Gasteiger charge is 2.34. The Bertz CT molecular complexity index is 657. The maximum absolute atomic E-state index is 4.47. The van der Waals surface area contributed by atoms with Crippen LogP contribution < -0.4 is 0 Å². The number of pyridine rings is 1. The van der Waals surface area contributed by atoms with Crippen LogP contribution in [0.5, 0.6) is 0 Å². The number of hydrogen-bond donors (Lipinski definition) is 0. The molecule has 2 aromatic rings. The van der Waals surface area contributed by atoms with Gasteiger partial charge < -0.3 is 0 Å². The van der Waals surface area contributed by atoms with E-state index in [9.17, 15) is 0 Å². The second-order valence-electron chi connectivity index (χ2n) is 5.15. The fraction of sp³-hybridized carbons (Fsp3) is 0.188. The maximum atomic E-state index is 4.47. The van der Waals surface area contributed by atoms with Crippen molar-refractivity contribution in [2.75, 3.05) is 0 Å². The summed E-state index contributed by atoms with van der Waals surface area (Å²) < 4.78 is 0. The summed E-state index contributed by atoms with van der Waals surface area (Å²) in [5, 5.41) is 2.46. The number of aromatic nitrogens is 1. The van der Waals surface area contributed by atoms with Crippen LogP contribution in [0.2, 0.25) is 0 Å². The Kier molecular flexibility index (Phi) is 1.86. The third-order valence-corrected chi connectivity index (χ3v) is 3.87. The highest BCUT2D eigenvalue weighted by Crippen LogP contribution is 2.46. The standard InChI is InChI=1S/C16H15N/c1-10-11(2)16(3,4)13-7-5-6-12-8-9-17-15(10)14(12)13/h5-9H,1-2H2,3-4H3. The van der Waals surface area contributed by atoms with E-state index in [1.807, 2.05) is 6.20 Å². The van der Waals surface area contributed by atoms with Crippen LogP contribution in [0.3, 0.4) is 0 Å². The molecule has 0 bridgehead atoms. The Labute approximate surface area is 102 Å². The molecule has 0 N–H and O–H groups in total. The fourth-order valence-corrected chi connectivity index (χ4v) is 2.66. The van der Waals surface area contributed by atoms with Crippen LogP contribution >= 0.6 is 0 Å². The van der Waals surface area contributed by atoms with Gasteiger partial charge in [0.05, 0.1) is 5.69 Å². The molecule has 1 aliphatic rings. The molecule has 0 fully saturated rings. The van der Waals surface area contributed by atoms with Crippen molar-refractivity contribution in [2.45, 2.75) is 19.3 Å². The van der Waals surface area contributed by atoms with Gasteiger partial charge in [0.1, 0.15) is 0 Å². The second kappa shape index (κ2) is 3.07. The zero-order chi connectivity index (χ0) is 12.2. The van der Waals surface area contributed by atoms with Gasteiger partial charge >= 0.3 is 0 Å². The van der Waals surface area contributed by atoms with Gasteiger partial charge in [-0.1, -0.05) is 45.2 Å². The molecular weight excluding hydrogens is 206 g/mol. The summed E-state index contributed by atoms with van der Waals surface area (Å²) in [6, 6.07) is 8.46. The van der Waals surface area contributed by atoms with Crippen LogP contribution in [0, 0.1) is 0 Å². The SMILES string of the molecule is C=C1C(=C)C(C)(C)c2cccc3ccnc1c23. The van der Waals surface area contributed by atoms with Crippen LogP contribution in [0.25, 0.3) is 16.3 Å². The first-order chi connectivity index (χ1) is 8.03. The lowest BCUT2D eigenvalue weighted by Gasteiger charge is -2.35. The Morgan fingerprint density at radius 2 is 1.88 bits per heavy atom. The van der Waals surface area contributed by atoms with Crippen LogP contribution in [-0.2, 0) is 5.41 Å². The van der Waals surface area contributed by atoms with Crippen molar-refractivity contribution in [1.29, 1.82) is 0 Å². The normalized spacial score (nSPS) is 17.5. The Morgan fingerprint density at radius 1 is 1.12 bits per heavy atom. The van der Waals surface area contributed by atoms with Gasteiger partial charge in [-0.2, -0.15) is 0 Å². The molecule has 0 saturated heterocycles. The average Bonchev–Trinajstić information content (AvgIpc) is 2.34. The maximum Gasteiger partial charge on any atom is 0.0780 e. The second-order valence-corrected chi connectivity index (χ2v) is 5.15. The molecule has 0 spiro atoms. The molecule has 1 nitrogen and oxygen atoms in total. The lowest BCUT2D eigenvalue weighted by atomic mass is 9.69. The molecule has 1 heteroatoms. The number of hydrogen-bond acceptors (Lipinski definition) is 1. The molecule has 84 valence electrons. The van der Waals surface area contributed by atoms with Crippen LogP contribution in [0.15, 0.2) is 49.2 Å². The minimum Gasteiger partial charge on any atom is -0.256 e. The summed E-state index contributed by atoms with van der Waals surface area (Å²) >= 11 is 0. The zero-order valence-electron chi connectivity index (χ0n) is 10.2. The van der Waals surface area contributed by atoms with E-state index in [-0.39, 0.29) is 5.41 Å². The molecule has 1 aliphatic carbocycles. The fourth-order valence-electron chi connectivity index (χ4n) is 2.66. The third kappa shape index (κ3) is 1.17. The molecule has 0 radical (unpaired) electrons. The van der Waals surface area contributed by atoms with Crippen LogP contribution in [-0.4, -0.2) is 4.98 Å². The topological polar surface area (TPSA) is 12.9 Å². The van der Waals surface area contributed by atoms with Gasteiger partial charge in [-0.3, -0.25) is 4.98 Å². The predicted molar refractivity (Wildman–Crippen MR) is 72.9 cm³/mol. The molecule has 1 aromatic carbocycles. The quantitative estimate of drug-likeness (QED) is 0.652. The zero-order valence-corrected chi connectivity index (χ0v) is 10.2. The predicted octanol–water partition coefficient (Wildman–Crippen LogP) is 4.10. The van der Waals surface area contributed by atoms with Crippen molar-refractivity contribution in [1.82, 2.24) is 4.98 Å². The summed E-state index contributed by atoms with van der Waals surface area (Å²) in [4.78, 5) is 4.47. The Hall–Kier alpha value is -1.89.